The molecule has 3 aromatic heterocycles. The molecule has 0 aromatic carbocycles. The van der Waals surface area contributed by atoms with Crippen molar-refractivity contribution in [2.75, 3.05) is 31.1 Å². The van der Waals surface area contributed by atoms with Gasteiger partial charge in [0, 0.05) is 49.4 Å². The Morgan fingerprint density at radius 1 is 1.32 bits per heavy atom. The zero-order chi connectivity index (χ0) is 24.0. The lowest BCUT2D eigenvalue weighted by Gasteiger charge is -2.35. The van der Waals surface area contributed by atoms with Crippen LogP contribution in [0.2, 0.25) is 5.02 Å². The van der Waals surface area contributed by atoms with Crippen molar-refractivity contribution in [2.24, 2.45) is 0 Å². The summed E-state index contributed by atoms with van der Waals surface area (Å²) in [5.74, 6) is -0.533. The summed E-state index contributed by atoms with van der Waals surface area (Å²) >= 11 is 6.11. The van der Waals surface area contributed by atoms with E-state index in [2.05, 4.69) is 25.6 Å². The molecular weight excluding hydrogens is 468 g/mol. The van der Waals surface area contributed by atoms with Gasteiger partial charge in [-0.15, -0.1) is 0 Å². The molecule has 0 unspecified atom stereocenters. The van der Waals surface area contributed by atoms with Crippen molar-refractivity contribution in [3.63, 3.8) is 0 Å². The van der Waals surface area contributed by atoms with Crippen LogP contribution in [0, 0.1) is 19.8 Å². The first-order valence-electron chi connectivity index (χ1n) is 11.0. The minimum Gasteiger partial charge on any atom is -0.472 e. The fourth-order valence-corrected chi connectivity index (χ4v) is 4.74. The number of alkyl halides is 1. The third kappa shape index (κ3) is 4.25. The van der Waals surface area contributed by atoms with Gasteiger partial charge in [-0.1, -0.05) is 11.6 Å². The number of H-pyrrole nitrogens is 1. The van der Waals surface area contributed by atoms with Crippen LogP contribution in [-0.2, 0) is 6.54 Å². The minimum absolute atomic E-state index is 0.0671. The number of nitrogens with zero attached hydrogens (tertiary/aromatic N) is 5. The van der Waals surface area contributed by atoms with Crippen LogP contribution in [0.3, 0.4) is 0 Å². The van der Waals surface area contributed by atoms with Gasteiger partial charge >= 0.3 is 0 Å². The summed E-state index contributed by atoms with van der Waals surface area (Å²) in [6, 6.07) is 3.00. The van der Waals surface area contributed by atoms with Crippen molar-refractivity contribution in [3.8, 4) is 17.0 Å². The van der Waals surface area contributed by atoms with Crippen LogP contribution in [0.5, 0.6) is 5.88 Å². The number of pyridine rings is 1. The zero-order valence-corrected chi connectivity index (χ0v) is 19.5. The maximum absolute atomic E-state index is 14.6. The van der Waals surface area contributed by atoms with Crippen molar-refractivity contribution in [1.29, 1.82) is 0 Å². The van der Waals surface area contributed by atoms with Gasteiger partial charge in [0.25, 0.3) is 5.56 Å². The molecule has 34 heavy (non-hydrogen) atoms. The Morgan fingerprint density at radius 3 is 2.85 bits per heavy atom. The number of aromatic amines is 1. The van der Waals surface area contributed by atoms with Crippen LogP contribution in [0.4, 0.5) is 14.5 Å². The van der Waals surface area contributed by atoms with Crippen molar-refractivity contribution < 1.29 is 13.5 Å². The summed E-state index contributed by atoms with van der Waals surface area (Å²) < 4.78 is 36.7. The monoisotopic (exact) mass is 491 g/mol. The fraction of sp³-hybridized carbons (Fsp3) is 0.455. The molecule has 5 heterocycles. The molecule has 0 spiro atoms. The second-order valence-corrected chi connectivity index (χ2v) is 9.23. The molecule has 0 bridgehead atoms. The van der Waals surface area contributed by atoms with Crippen LogP contribution in [0.25, 0.3) is 11.1 Å². The lowest BCUT2D eigenvalue weighted by molar-refractivity contribution is 0.0654. The Labute approximate surface area is 199 Å². The van der Waals surface area contributed by atoms with Crippen molar-refractivity contribution in [2.45, 2.75) is 38.6 Å². The van der Waals surface area contributed by atoms with E-state index in [1.807, 2.05) is 18.7 Å². The van der Waals surface area contributed by atoms with Gasteiger partial charge in [-0.25, -0.2) is 9.49 Å². The Morgan fingerprint density at radius 2 is 2.12 bits per heavy atom. The molecular formula is C22H24ClF2N7O2. The van der Waals surface area contributed by atoms with E-state index >= 15 is 0 Å². The standard InChI is InChI=1S/C22H24ClF2N7O2/c1-12-19(13(2)32(30-12)11-22(25)9-26-10-22)14-5-17(24)28-18(6-14)34-15-3-4-31(8-15)16-7-27-29-21(33)20(16)23/h5-7,15,26H,3-4,8-11H2,1-2H3,(H,29,33)/t15-/m1/s1. The van der Waals surface area contributed by atoms with Crippen LogP contribution in [0.15, 0.2) is 23.1 Å². The fourth-order valence-electron chi connectivity index (χ4n) is 4.53. The first kappa shape index (κ1) is 22.7. The van der Waals surface area contributed by atoms with E-state index < -0.39 is 17.2 Å². The molecule has 2 aliphatic rings. The third-order valence-electron chi connectivity index (χ3n) is 6.31. The van der Waals surface area contributed by atoms with E-state index in [1.165, 1.54) is 12.3 Å². The Kier molecular flexibility index (Phi) is 5.76. The summed E-state index contributed by atoms with van der Waals surface area (Å²) in [4.78, 5) is 17.5. The van der Waals surface area contributed by atoms with E-state index in [1.54, 1.807) is 10.7 Å². The molecule has 0 amide bonds. The molecule has 2 aliphatic heterocycles. The van der Waals surface area contributed by atoms with Crippen molar-refractivity contribution >= 4 is 17.3 Å². The van der Waals surface area contributed by atoms with E-state index in [4.69, 9.17) is 16.3 Å². The number of hydrogen-bond acceptors (Lipinski definition) is 7. The van der Waals surface area contributed by atoms with Crippen molar-refractivity contribution in [1.82, 2.24) is 30.3 Å². The SMILES string of the molecule is Cc1nn(CC2(F)CNC2)c(C)c1-c1cc(F)nc(O[C@@H]2CCN(c3cn[nH]c(=O)c3Cl)C2)c1. The lowest BCUT2D eigenvalue weighted by atomic mass is 9.99. The number of anilines is 1. The summed E-state index contributed by atoms with van der Waals surface area (Å²) in [6.07, 6.45) is 1.86. The summed E-state index contributed by atoms with van der Waals surface area (Å²) in [5, 5.41) is 13.6. The number of rotatable bonds is 6. The van der Waals surface area contributed by atoms with Crippen LogP contribution in [0.1, 0.15) is 17.8 Å². The Balaban J connectivity index is 1.35. The van der Waals surface area contributed by atoms with Crippen LogP contribution < -0.4 is 20.5 Å². The normalized spacial score (nSPS) is 19.3. The van der Waals surface area contributed by atoms with E-state index in [0.29, 0.717) is 49.5 Å². The molecule has 5 rings (SSSR count). The molecule has 9 nitrogen and oxygen atoms in total. The molecule has 2 saturated heterocycles. The first-order valence-corrected chi connectivity index (χ1v) is 11.4. The highest BCUT2D eigenvalue weighted by Crippen LogP contribution is 2.32. The largest absolute Gasteiger partial charge is 0.472 e. The molecule has 0 saturated carbocycles. The zero-order valence-electron chi connectivity index (χ0n) is 18.7. The van der Waals surface area contributed by atoms with Gasteiger partial charge in [0.15, 0.2) is 5.67 Å². The maximum Gasteiger partial charge on any atom is 0.285 e. The van der Waals surface area contributed by atoms with Gasteiger partial charge < -0.3 is 15.0 Å². The van der Waals surface area contributed by atoms with E-state index in [0.717, 1.165) is 11.3 Å². The number of nitrogens with one attached hydrogen (secondary N) is 2. The maximum atomic E-state index is 14.6. The van der Waals surface area contributed by atoms with E-state index in [9.17, 15) is 13.6 Å². The summed E-state index contributed by atoms with van der Waals surface area (Å²) in [7, 11) is 0. The van der Waals surface area contributed by atoms with Gasteiger partial charge in [0.1, 0.15) is 11.1 Å². The molecule has 0 radical (unpaired) electrons. The predicted octanol–water partition coefficient (Wildman–Crippen LogP) is 2.41. The highest BCUT2D eigenvalue weighted by molar-refractivity contribution is 6.33. The lowest BCUT2D eigenvalue weighted by Crippen LogP contribution is -2.58. The van der Waals surface area contributed by atoms with Crippen molar-refractivity contribution in [3.05, 3.63) is 51.0 Å². The average Bonchev–Trinajstić information content (AvgIpc) is 3.32. The summed E-state index contributed by atoms with van der Waals surface area (Å²) in [5.41, 5.74) is 1.47. The quantitative estimate of drug-likeness (QED) is 0.511. The highest BCUT2D eigenvalue weighted by atomic mass is 35.5. The van der Waals surface area contributed by atoms with E-state index in [-0.39, 0.29) is 23.6 Å². The number of aryl methyl sites for hydroxylation is 1. The molecule has 0 aliphatic carbocycles. The Bertz CT molecular complexity index is 1290. The second-order valence-electron chi connectivity index (χ2n) is 8.85. The number of hydrogen-bond donors (Lipinski definition) is 2. The molecule has 2 fully saturated rings. The smallest absolute Gasteiger partial charge is 0.285 e. The highest BCUT2D eigenvalue weighted by Gasteiger charge is 2.38. The first-order chi connectivity index (χ1) is 16.2. The molecule has 180 valence electrons. The average molecular weight is 492 g/mol. The van der Waals surface area contributed by atoms with Crippen LogP contribution in [-0.4, -0.2) is 62.9 Å². The number of aromatic nitrogens is 5. The summed E-state index contributed by atoms with van der Waals surface area (Å²) in [6.45, 7) is 5.43. The predicted molar refractivity (Wildman–Crippen MR) is 123 cm³/mol. The molecule has 1 atom stereocenters. The molecule has 2 N–H and O–H groups in total. The number of halogens is 3. The van der Waals surface area contributed by atoms with Gasteiger partial charge in [0.2, 0.25) is 11.8 Å². The van der Waals surface area contributed by atoms with Gasteiger partial charge in [-0.2, -0.15) is 19.6 Å². The minimum atomic E-state index is -1.32. The van der Waals surface area contributed by atoms with Gasteiger partial charge in [0.05, 0.1) is 30.7 Å². The topological polar surface area (TPSA) is 101 Å². The van der Waals surface area contributed by atoms with Gasteiger partial charge in [-0.3, -0.25) is 9.48 Å². The number of ether oxygens (including phenoxy) is 1. The molecule has 3 aromatic rings. The second kappa shape index (κ2) is 8.62. The molecule has 12 heteroatoms. The van der Waals surface area contributed by atoms with Crippen LogP contribution >= 0.6 is 11.6 Å². The van der Waals surface area contributed by atoms with Gasteiger partial charge in [-0.05, 0) is 19.4 Å². The third-order valence-corrected chi connectivity index (χ3v) is 6.67. The Hall–Kier alpha value is -3.05.